The number of hydrogen-bond donors (Lipinski definition) is 1. The van der Waals surface area contributed by atoms with Crippen LogP contribution in [0.25, 0.3) is 21.3 Å². The number of thiophene rings is 1. The summed E-state index contributed by atoms with van der Waals surface area (Å²) >= 11 is 4.59. The van der Waals surface area contributed by atoms with Crippen molar-refractivity contribution >= 4 is 45.0 Å². The second-order valence-electron chi connectivity index (χ2n) is 5.10. The second-order valence-corrected chi connectivity index (χ2v) is 7.76. The Labute approximate surface area is 156 Å². The van der Waals surface area contributed by atoms with E-state index in [-0.39, 0.29) is 12.3 Å². The Kier molecular flexibility index (Phi) is 4.64. The minimum Gasteiger partial charge on any atom is -0.302 e. The number of thiazole rings is 2. The van der Waals surface area contributed by atoms with Gasteiger partial charge in [-0.2, -0.15) is 0 Å². The van der Waals surface area contributed by atoms with Crippen molar-refractivity contribution in [2.45, 2.75) is 6.42 Å². The van der Waals surface area contributed by atoms with E-state index in [1.807, 2.05) is 46.5 Å². The molecule has 1 N–H and O–H groups in total. The quantitative estimate of drug-likeness (QED) is 0.547. The normalized spacial score (nSPS) is 10.7. The van der Waals surface area contributed by atoms with Gasteiger partial charge in [-0.15, -0.1) is 34.0 Å². The average Bonchev–Trinajstić information content (AvgIpc) is 3.37. The number of carbonyl (C=O) groups excluding carboxylic acids is 1. The van der Waals surface area contributed by atoms with Crippen molar-refractivity contribution in [2.24, 2.45) is 0 Å². The van der Waals surface area contributed by atoms with E-state index in [4.69, 9.17) is 0 Å². The molecule has 124 valence electrons. The fraction of sp³-hybridized carbons (Fsp3) is 0.0588. The highest BCUT2D eigenvalue weighted by molar-refractivity contribution is 7.20. The van der Waals surface area contributed by atoms with Gasteiger partial charge in [-0.25, -0.2) is 9.97 Å². The van der Waals surface area contributed by atoms with Crippen LogP contribution in [0.2, 0.25) is 0 Å². The van der Waals surface area contributed by atoms with Crippen LogP contribution < -0.4 is 5.32 Å². The molecule has 0 fully saturated rings. The molecular formula is C17H12N4OS3. The number of pyridine rings is 1. The topological polar surface area (TPSA) is 67.8 Å². The second kappa shape index (κ2) is 7.22. The van der Waals surface area contributed by atoms with Crippen LogP contribution in [0.1, 0.15) is 5.69 Å². The lowest BCUT2D eigenvalue weighted by Crippen LogP contribution is -2.14. The molecule has 0 radical (unpaired) electrons. The van der Waals surface area contributed by atoms with Gasteiger partial charge < -0.3 is 5.32 Å². The monoisotopic (exact) mass is 384 g/mol. The molecule has 4 heterocycles. The van der Waals surface area contributed by atoms with Crippen molar-refractivity contribution < 1.29 is 4.79 Å². The van der Waals surface area contributed by atoms with E-state index in [1.165, 1.54) is 11.3 Å². The smallest absolute Gasteiger partial charge is 0.232 e. The molecule has 0 bridgehead atoms. The molecule has 0 aliphatic heterocycles. The summed E-state index contributed by atoms with van der Waals surface area (Å²) in [5, 5.41) is 10.2. The predicted octanol–water partition coefficient (Wildman–Crippen LogP) is 4.57. The number of amides is 1. The van der Waals surface area contributed by atoms with Crippen molar-refractivity contribution in [3.05, 3.63) is 58.4 Å². The first-order valence-electron chi connectivity index (χ1n) is 7.43. The number of hydrogen-bond acceptors (Lipinski definition) is 7. The number of anilines is 1. The van der Waals surface area contributed by atoms with E-state index < -0.39 is 0 Å². The van der Waals surface area contributed by atoms with Crippen molar-refractivity contribution in [2.75, 3.05) is 5.32 Å². The van der Waals surface area contributed by atoms with E-state index >= 15 is 0 Å². The maximum absolute atomic E-state index is 12.2. The fourth-order valence-corrected chi connectivity index (χ4v) is 4.55. The number of carbonyl (C=O) groups is 1. The van der Waals surface area contributed by atoms with E-state index in [0.29, 0.717) is 5.13 Å². The van der Waals surface area contributed by atoms with Crippen LogP contribution in [-0.4, -0.2) is 20.9 Å². The largest absolute Gasteiger partial charge is 0.302 e. The Morgan fingerprint density at radius 1 is 1.00 bits per heavy atom. The molecule has 0 saturated carbocycles. The van der Waals surface area contributed by atoms with Gasteiger partial charge in [0, 0.05) is 17.0 Å². The summed E-state index contributed by atoms with van der Waals surface area (Å²) in [7, 11) is 0. The van der Waals surface area contributed by atoms with E-state index in [9.17, 15) is 4.79 Å². The Bertz CT molecular complexity index is 976. The summed E-state index contributed by atoms with van der Waals surface area (Å²) in [4.78, 5) is 26.6. The SMILES string of the molecule is O=C(Cc1csc(-c2cccs2)n1)Nc1nc(-c2ccccn2)cs1. The molecule has 8 heteroatoms. The Morgan fingerprint density at radius 3 is 2.76 bits per heavy atom. The zero-order chi connectivity index (χ0) is 17.1. The highest BCUT2D eigenvalue weighted by Crippen LogP contribution is 2.28. The lowest BCUT2D eigenvalue weighted by Gasteiger charge is -1.99. The van der Waals surface area contributed by atoms with Crippen LogP contribution in [0.5, 0.6) is 0 Å². The fourth-order valence-electron chi connectivity index (χ4n) is 2.19. The number of nitrogens with one attached hydrogen (secondary N) is 1. The number of nitrogens with zero attached hydrogens (tertiary/aromatic N) is 3. The third kappa shape index (κ3) is 3.81. The van der Waals surface area contributed by atoms with Crippen molar-refractivity contribution in [3.8, 4) is 21.3 Å². The zero-order valence-electron chi connectivity index (χ0n) is 12.9. The van der Waals surface area contributed by atoms with E-state index in [2.05, 4.69) is 20.3 Å². The third-order valence-corrected chi connectivity index (χ3v) is 5.99. The molecule has 1 amide bonds. The molecule has 0 saturated heterocycles. The number of rotatable bonds is 5. The average molecular weight is 385 g/mol. The van der Waals surface area contributed by atoms with Crippen LogP contribution in [0.3, 0.4) is 0 Å². The van der Waals surface area contributed by atoms with Gasteiger partial charge in [0.15, 0.2) is 5.13 Å². The number of aromatic nitrogens is 3. The Balaban J connectivity index is 1.40. The first-order valence-corrected chi connectivity index (χ1v) is 10.1. The molecule has 0 spiro atoms. The van der Waals surface area contributed by atoms with Crippen LogP contribution >= 0.6 is 34.0 Å². The zero-order valence-corrected chi connectivity index (χ0v) is 15.3. The molecule has 0 aromatic carbocycles. The van der Waals surface area contributed by atoms with Gasteiger partial charge in [0.05, 0.1) is 22.7 Å². The third-order valence-electron chi connectivity index (χ3n) is 3.30. The van der Waals surface area contributed by atoms with Crippen LogP contribution in [0.4, 0.5) is 5.13 Å². The predicted molar refractivity (Wildman–Crippen MR) is 103 cm³/mol. The summed E-state index contributed by atoms with van der Waals surface area (Å²) in [5.74, 6) is -0.120. The summed E-state index contributed by atoms with van der Waals surface area (Å²) in [6.07, 6.45) is 1.96. The van der Waals surface area contributed by atoms with E-state index in [1.54, 1.807) is 28.9 Å². The molecule has 0 aliphatic rings. The Morgan fingerprint density at radius 2 is 1.96 bits per heavy atom. The van der Waals surface area contributed by atoms with Crippen LogP contribution in [0.15, 0.2) is 52.7 Å². The van der Waals surface area contributed by atoms with Gasteiger partial charge in [-0.05, 0) is 23.6 Å². The molecule has 0 aliphatic carbocycles. The minimum absolute atomic E-state index is 0.120. The molecule has 25 heavy (non-hydrogen) atoms. The van der Waals surface area contributed by atoms with E-state index in [0.717, 1.165) is 27.0 Å². The molecule has 5 nitrogen and oxygen atoms in total. The first-order chi connectivity index (χ1) is 12.3. The summed E-state index contributed by atoms with van der Waals surface area (Å²) in [5.41, 5.74) is 2.32. The molecule has 4 aromatic rings. The van der Waals surface area contributed by atoms with Crippen molar-refractivity contribution in [1.82, 2.24) is 15.0 Å². The molecule has 0 unspecified atom stereocenters. The summed E-state index contributed by atoms with van der Waals surface area (Å²) < 4.78 is 0. The first kappa shape index (κ1) is 16.1. The van der Waals surface area contributed by atoms with Crippen LogP contribution in [0, 0.1) is 0 Å². The lowest BCUT2D eigenvalue weighted by atomic mass is 10.3. The maximum atomic E-state index is 12.2. The minimum atomic E-state index is -0.120. The van der Waals surface area contributed by atoms with Crippen molar-refractivity contribution in [3.63, 3.8) is 0 Å². The van der Waals surface area contributed by atoms with Gasteiger partial charge >= 0.3 is 0 Å². The summed E-state index contributed by atoms with van der Waals surface area (Å²) in [6.45, 7) is 0. The van der Waals surface area contributed by atoms with Crippen molar-refractivity contribution in [1.29, 1.82) is 0 Å². The van der Waals surface area contributed by atoms with Gasteiger partial charge in [0.2, 0.25) is 5.91 Å². The lowest BCUT2D eigenvalue weighted by molar-refractivity contribution is -0.115. The standard InChI is InChI=1S/C17H12N4OS3/c22-15(8-11-9-24-16(19-11)14-5-3-7-23-14)21-17-20-13(10-25-17)12-4-1-2-6-18-12/h1-7,9-10H,8H2,(H,20,21,22). The van der Waals surface area contributed by atoms with Gasteiger partial charge in [-0.1, -0.05) is 12.1 Å². The summed E-state index contributed by atoms with van der Waals surface area (Å²) in [6, 6.07) is 9.68. The maximum Gasteiger partial charge on any atom is 0.232 e. The molecular weight excluding hydrogens is 372 g/mol. The highest BCUT2D eigenvalue weighted by Gasteiger charge is 2.12. The van der Waals surface area contributed by atoms with Crippen LogP contribution in [-0.2, 0) is 11.2 Å². The van der Waals surface area contributed by atoms with Gasteiger partial charge in [0.25, 0.3) is 0 Å². The van der Waals surface area contributed by atoms with Gasteiger partial charge in [0.1, 0.15) is 10.7 Å². The molecule has 4 aromatic heterocycles. The molecule has 0 atom stereocenters. The molecule has 4 rings (SSSR count). The Hall–Kier alpha value is -2.42. The highest BCUT2D eigenvalue weighted by atomic mass is 32.1. The van der Waals surface area contributed by atoms with Gasteiger partial charge in [-0.3, -0.25) is 9.78 Å².